The number of nitrogens with zero attached hydrogens (tertiary/aromatic N) is 2. The largest absolute Gasteiger partial charge is 0.309 e. The van der Waals surface area contributed by atoms with E-state index in [4.69, 9.17) is 5.26 Å². The van der Waals surface area contributed by atoms with E-state index in [1.54, 1.807) is 0 Å². The van der Waals surface area contributed by atoms with Crippen molar-refractivity contribution in [1.82, 2.24) is 10.2 Å². The lowest BCUT2D eigenvalue weighted by atomic mass is 9.75. The van der Waals surface area contributed by atoms with E-state index >= 15 is 0 Å². The topological polar surface area (TPSA) is 81.6 Å². The summed E-state index contributed by atoms with van der Waals surface area (Å²) >= 11 is 0. The standard InChI is InChI=1S/C12H16N4O/c1-12(5-3-2-4-6-12)11(17)15-10-9(7-13)8-14-16-10/h8H,2-6H2,1H3,(H2,14,15,16,17). The number of rotatable bonds is 2. The van der Waals surface area contributed by atoms with E-state index in [-0.39, 0.29) is 11.3 Å². The molecule has 5 heteroatoms. The molecule has 1 fully saturated rings. The van der Waals surface area contributed by atoms with Crippen molar-refractivity contribution in [2.45, 2.75) is 39.0 Å². The van der Waals surface area contributed by atoms with E-state index in [2.05, 4.69) is 15.5 Å². The molecular weight excluding hydrogens is 216 g/mol. The van der Waals surface area contributed by atoms with Crippen LogP contribution in [-0.4, -0.2) is 16.1 Å². The smallest absolute Gasteiger partial charge is 0.231 e. The van der Waals surface area contributed by atoms with Crippen LogP contribution in [0.1, 0.15) is 44.6 Å². The molecule has 0 aliphatic heterocycles. The van der Waals surface area contributed by atoms with E-state index in [1.807, 2.05) is 13.0 Å². The number of anilines is 1. The van der Waals surface area contributed by atoms with Crippen molar-refractivity contribution in [3.63, 3.8) is 0 Å². The van der Waals surface area contributed by atoms with Crippen molar-refractivity contribution >= 4 is 11.7 Å². The molecule has 0 aromatic carbocycles. The van der Waals surface area contributed by atoms with Gasteiger partial charge in [0.25, 0.3) is 0 Å². The molecule has 1 saturated carbocycles. The van der Waals surface area contributed by atoms with Crippen LogP contribution in [0.25, 0.3) is 0 Å². The van der Waals surface area contributed by atoms with Gasteiger partial charge in [0.1, 0.15) is 17.5 Å². The molecule has 0 bridgehead atoms. The fourth-order valence-corrected chi connectivity index (χ4v) is 2.29. The molecule has 90 valence electrons. The number of H-pyrrole nitrogens is 1. The first-order valence-corrected chi connectivity index (χ1v) is 5.91. The minimum Gasteiger partial charge on any atom is -0.309 e. The zero-order valence-electron chi connectivity index (χ0n) is 9.92. The second-order valence-electron chi connectivity index (χ2n) is 4.85. The minimum atomic E-state index is -0.309. The number of hydrogen-bond donors (Lipinski definition) is 2. The highest BCUT2D eigenvalue weighted by atomic mass is 16.2. The SMILES string of the molecule is CC1(C(=O)Nc2[nH]ncc2C#N)CCCCC1. The van der Waals surface area contributed by atoms with E-state index in [0.717, 1.165) is 25.7 Å². The fourth-order valence-electron chi connectivity index (χ4n) is 2.29. The second-order valence-corrected chi connectivity index (χ2v) is 4.85. The highest BCUT2D eigenvalue weighted by molar-refractivity contribution is 5.95. The summed E-state index contributed by atoms with van der Waals surface area (Å²) < 4.78 is 0. The maximum Gasteiger partial charge on any atom is 0.231 e. The first kappa shape index (κ1) is 11.6. The van der Waals surface area contributed by atoms with E-state index in [1.165, 1.54) is 12.6 Å². The molecule has 2 N–H and O–H groups in total. The Hall–Kier alpha value is -1.83. The molecule has 17 heavy (non-hydrogen) atoms. The number of aromatic amines is 1. The zero-order valence-corrected chi connectivity index (χ0v) is 9.92. The van der Waals surface area contributed by atoms with Crippen molar-refractivity contribution < 1.29 is 4.79 Å². The monoisotopic (exact) mass is 232 g/mol. The molecule has 1 aromatic heterocycles. The Balaban J connectivity index is 2.09. The summed E-state index contributed by atoms with van der Waals surface area (Å²) in [6, 6.07) is 1.99. The number of carbonyl (C=O) groups is 1. The Morgan fingerprint density at radius 3 is 2.88 bits per heavy atom. The van der Waals surface area contributed by atoms with Crippen LogP contribution in [0.3, 0.4) is 0 Å². The van der Waals surface area contributed by atoms with Crippen molar-refractivity contribution in [3.05, 3.63) is 11.8 Å². The summed E-state index contributed by atoms with van der Waals surface area (Å²) in [5.41, 5.74) is 0.0635. The van der Waals surface area contributed by atoms with E-state index in [9.17, 15) is 4.79 Å². The van der Waals surface area contributed by atoms with E-state index < -0.39 is 0 Å². The van der Waals surface area contributed by atoms with Gasteiger partial charge >= 0.3 is 0 Å². The summed E-state index contributed by atoms with van der Waals surface area (Å²) in [7, 11) is 0. The van der Waals surface area contributed by atoms with Gasteiger partial charge in [-0.15, -0.1) is 0 Å². The lowest BCUT2D eigenvalue weighted by molar-refractivity contribution is -0.126. The Labute approximate surface area is 100 Å². The minimum absolute atomic E-state index is 0.0158. The lowest BCUT2D eigenvalue weighted by Gasteiger charge is -2.31. The molecule has 1 aromatic rings. The van der Waals surface area contributed by atoms with Gasteiger partial charge in [-0.25, -0.2) is 0 Å². The predicted octanol–water partition coefficient (Wildman–Crippen LogP) is 2.19. The third-order valence-corrected chi connectivity index (χ3v) is 3.50. The zero-order chi connectivity index (χ0) is 12.3. The van der Waals surface area contributed by atoms with Gasteiger partial charge in [0.05, 0.1) is 6.20 Å². The van der Waals surface area contributed by atoms with Gasteiger partial charge in [-0.2, -0.15) is 10.4 Å². The Morgan fingerprint density at radius 2 is 2.24 bits per heavy atom. The number of nitrogens with one attached hydrogen (secondary N) is 2. The van der Waals surface area contributed by atoms with Gasteiger partial charge in [0, 0.05) is 5.41 Å². The molecule has 0 saturated heterocycles. The average Bonchev–Trinajstić information content (AvgIpc) is 2.77. The van der Waals surface area contributed by atoms with Crippen LogP contribution in [0.15, 0.2) is 6.20 Å². The first-order valence-electron chi connectivity index (χ1n) is 5.91. The Morgan fingerprint density at radius 1 is 1.53 bits per heavy atom. The van der Waals surface area contributed by atoms with Crippen LogP contribution in [-0.2, 0) is 4.79 Å². The number of nitriles is 1. The molecule has 0 radical (unpaired) electrons. The molecule has 2 rings (SSSR count). The Kier molecular flexibility index (Phi) is 3.14. The van der Waals surface area contributed by atoms with Crippen LogP contribution in [0.2, 0.25) is 0 Å². The normalized spacial score (nSPS) is 18.4. The number of carbonyl (C=O) groups excluding carboxylic acids is 1. The summed E-state index contributed by atoms with van der Waals surface area (Å²) in [4.78, 5) is 12.2. The van der Waals surface area contributed by atoms with Gasteiger partial charge in [-0.3, -0.25) is 9.89 Å². The molecule has 1 heterocycles. The van der Waals surface area contributed by atoms with Crippen LogP contribution in [0.5, 0.6) is 0 Å². The molecule has 0 atom stereocenters. The molecule has 5 nitrogen and oxygen atoms in total. The third kappa shape index (κ3) is 2.31. The molecule has 0 spiro atoms. The molecular formula is C12H16N4O. The predicted molar refractivity (Wildman–Crippen MR) is 63.1 cm³/mol. The fraction of sp³-hybridized carbons (Fsp3) is 0.583. The lowest BCUT2D eigenvalue weighted by Crippen LogP contribution is -2.35. The number of hydrogen-bond acceptors (Lipinski definition) is 3. The van der Waals surface area contributed by atoms with Crippen LogP contribution >= 0.6 is 0 Å². The third-order valence-electron chi connectivity index (χ3n) is 3.50. The molecule has 1 amide bonds. The van der Waals surface area contributed by atoms with Crippen molar-refractivity contribution in [3.8, 4) is 6.07 Å². The maximum absolute atomic E-state index is 12.2. The van der Waals surface area contributed by atoms with Crippen LogP contribution < -0.4 is 5.32 Å². The van der Waals surface area contributed by atoms with Crippen LogP contribution in [0, 0.1) is 16.7 Å². The van der Waals surface area contributed by atoms with Gasteiger partial charge in [0.2, 0.25) is 5.91 Å². The highest BCUT2D eigenvalue weighted by Gasteiger charge is 2.34. The molecule has 1 aliphatic rings. The quantitative estimate of drug-likeness (QED) is 0.820. The summed E-state index contributed by atoms with van der Waals surface area (Å²) in [5.74, 6) is 0.391. The summed E-state index contributed by atoms with van der Waals surface area (Å²) in [6.07, 6.45) is 6.63. The summed E-state index contributed by atoms with van der Waals surface area (Å²) in [5, 5.41) is 18.0. The molecule has 0 unspecified atom stereocenters. The Bertz CT molecular complexity index is 451. The average molecular weight is 232 g/mol. The van der Waals surface area contributed by atoms with Gasteiger partial charge in [-0.05, 0) is 12.8 Å². The van der Waals surface area contributed by atoms with Crippen molar-refractivity contribution in [1.29, 1.82) is 5.26 Å². The summed E-state index contributed by atoms with van der Waals surface area (Å²) in [6.45, 7) is 1.99. The van der Waals surface area contributed by atoms with Gasteiger partial charge < -0.3 is 5.32 Å². The maximum atomic E-state index is 12.2. The molecule has 1 aliphatic carbocycles. The van der Waals surface area contributed by atoms with Crippen LogP contribution in [0.4, 0.5) is 5.82 Å². The van der Waals surface area contributed by atoms with Crippen molar-refractivity contribution in [2.24, 2.45) is 5.41 Å². The number of aromatic nitrogens is 2. The second kappa shape index (κ2) is 4.58. The number of amides is 1. The highest BCUT2D eigenvalue weighted by Crippen LogP contribution is 2.36. The van der Waals surface area contributed by atoms with Gasteiger partial charge in [-0.1, -0.05) is 26.2 Å². The van der Waals surface area contributed by atoms with Crippen molar-refractivity contribution in [2.75, 3.05) is 5.32 Å². The van der Waals surface area contributed by atoms with E-state index in [0.29, 0.717) is 11.4 Å². The van der Waals surface area contributed by atoms with Gasteiger partial charge in [0.15, 0.2) is 0 Å². The first-order chi connectivity index (χ1) is 8.15.